The molecule has 1 aliphatic carbocycles. The highest BCUT2D eigenvalue weighted by atomic mass is 15.0. The van der Waals surface area contributed by atoms with Crippen molar-refractivity contribution in [2.24, 2.45) is 0 Å². The Morgan fingerprint density at radius 2 is 1.26 bits per heavy atom. The van der Waals surface area contributed by atoms with Crippen LogP contribution in [0.25, 0.3) is 93.6 Å². The first kappa shape index (κ1) is 22.8. The summed E-state index contributed by atoms with van der Waals surface area (Å²) in [7, 11) is 0. The largest absolute Gasteiger partial charge is 0.309 e. The van der Waals surface area contributed by atoms with E-state index in [-0.39, 0.29) is 0 Å². The Bertz CT molecular complexity index is 2600. The summed E-state index contributed by atoms with van der Waals surface area (Å²) in [6.45, 7) is 0. The molecule has 3 heterocycles. The summed E-state index contributed by atoms with van der Waals surface area (Å²) in [5, 5.41) is 7.39. The van der Waals surface area contributed by atoms with Crippen LogP contribution < -0.4 is 0 Å². The van der Waals surface area contributed by atoms with Gasteiger partial charge in [-0.05, 0) is 57.8 Å². The summed E-state index contributed by atoms with van der Waals surface area (Å²) >= 11 is 0. The van der Waals surface area contributed by atoms with Crippen molar-refractivity contribution in [2.45, 2.75) is 0 Å². The van der Waals surface area contributed by atoms with Gasteiger partial charge in [-0.15, -0.1) is 0 Å². The van der Waals surface area contributed by atoms with Gasteiger partial charge in [-0.1, -0.05) is 103 Å². The van der Waals surface area contributed by atoms with E-state index >= 15 is 0 Å². The van der Waals surface area contributed by atoms with Crippen LogP contribution in [0.2, 0.25) is 0 Å². The minimum atomic E-state index is 0.936. The van der Waals surface area contributed by atoms with Crippen molar-refractivity contribution in [3.05, 3.63) is 140 Å². The van der Waals surface area contributed by atoms with Crippen LogP contribution in [0, 0.1) is 0 Å². The van der Waals surface area contributed by atoms with E-state index in [4.69, 9.17) is 4.98 Å². The molecule has 1 aliphatic rings. The SMILES string of the molecule is c1cc2c3c(cccc3c1)-c1c-2ccc2c3ccccc3n(-c3ccc(-c4ccc5ccc6cccnc6c5n4)cc3)c12. The molecule has 0 saturated heterocycles. The van der Waals surface area contributed by atoms with Gasteiger partial charge in [-0.3, -0.25) is 4.98 Å². The van der Waals surface area contributed by atoms with Gasteiger partial charge in [-0.2, -0.15) is 0 Å². The number of fused-ring (bicyclic) bond motifs is 10. The lowest BCUT2D eigenvalue weighted by atomic mass is 10.00. The maximum Gasteiger partial charge on any atom is 0.0972 e. The van der Waals surface area contributed by atoms with Crippen LogP contribution in [-0.2, 0) is 0 Å². The molecule has 0 spiro atoms. The normalized spacial score (nSPS) is 12.2. The van der Waals surface area contributed by atoms with Crippen molar-refractivity contribution in [1.29, 1.82) is 0 Å². The molecule has 6 aromatic carbocycles. The zero-order valence-corrected chi connectivity index (χ0v) is 23.1. The number of aromatic nitrogens is 3. The van der Waals surface area contributed by atoms with Crippen molar-refractivity contribution < 1.29 is 0 Å². The smallest absolute Gasteiger partial charge is 0.0972 e. The van der Waals surface area contributed by atoms with Gasteiger partial charge in [0.2, 0.25) is 0 Å². The van der Waals surface area contributed by atoms with Crippen LogP contribution in [0.15, 0.2) is 140 Å². The number of para-hydroxylation sites is 1. The van der Waals surface area contributed by atoms with E-state index in [9.17, 15) is 0 Å². The van der Waals surface area contributed by atoms with E-state index in [1.165, 1.54) is 54.8 Å². The third-order valence-electron chi connectivity index (χ3n) is 9.15. The Kier molecular flexibility index (Phi) is 4.45. The first-order chi connectivity index (χ1) is 21.3. The molecule has 9 aromatic rings. The van der Waals surface area contributed by atoms with E-state index in [1.54, 1.807) is 0 Å². The van der Waals surface area contributed by atoms with Crippen molar-refractivity contribution in [2.75, 3.05) is 0 Å². The van der Waals surface area contributed by atoms with Gasteiger partial charge in [0.1, 0.15) is 0 Å². The van der Waals surface area contributed by atoms with Crippen LogP contribution >= 0.6 is 0 Å². The minimum absolute atomic E-state index is 0.936. The standard InChI is InChI=1S/C40H23N3/c1-2-12-35-29(9-1)32-21-20-31-30-10-3-6-25-7-4-11-33(36(25)30)37(31)40(32)43(35)28-18-15-24(16-19-28)34-22-17-27-14-13-26-8-5-23-41-38(26)39(27)42-34/h1-23H. The maximum atomic E-state index is 5.09. The molecule has 0 amide bonds. The summed E-state index contributed by atoms with van der Waals surface area (Å²) in [5.41, 5.74) is 12.8. The highest BCUT2D eigenvalue weighted by Crippen LogP contribution is 2.51. The van der Waals surface area contributed by atoms with E-state index < -0.39 is 0 Å². The molecular formula is C40H23N3. The lowest BCUT2D eigenvalue weighted by molar-refractivity contribution is 1.18. The Morgan fingerprint density at radius 3 is 2.14 bits per heavy atom. The molecule has 0 N–H and O–H groups in total. The third-order valence-corrected chi connectivity index (χ3v) is 9.15. The number of nitrogens with zero attached hydrogens (tertiary/aromatic N) is 3. The van der Waals surface area contributed by atoms with Gasteiger partial charge in [0.15, 0.2) is 0 Å². The summed E-state index contributed by atoms with van der Waals surface area (Å²) < 4.78 is 2.45. The van der Waals surface area contributed by atoms with E-state index in [2.05, 4.69) is 137 Å². The fraction of sp³-hybridized carbons (Fsp3) is 0. The molecule has 0 bridgehead atoms. The molecule has 0 saturated carbocycles. The Morgan fingerprint density at radius 1 is 0.488 bits per heavy atom. The number of pyridine rings is 2. The zero-order chi connectivity index (χ0) is 28.1. The quantitative estimate of drug-likeness (QED) is 0.202. The zero-order valence-electron chi connectivity index (χ0n) is 23.1. The molecule has 0 aliphatic heterocycles. The van der Waals surface area contributed by atoms with Gasteiger partial charge in [0, 0.05) is 44.6 Å². The number of hydrogen-bond donors (Lipinski definition) is 0. The fourth-order valence-electron chi connectivity index (χ4n) is 7.26. The Hall–Kier alpha value is -5.80. The monoisotopic (exact) mass is 545 g/mol. The van der Waals surface area contributed by atoms with Gasteiger partial charge in [0.05, 0.1) is 27.8 Å². The molecule has 3 nitrogen and oxygen atoms in total. The molecule has 0 radical (unpaired) electrons. The average molecular weight is 546 g/mol. The van der Waals surface area contributed by atoms with Crippen LogP contribution in [0.5, 0.6) is 0 Å². The molecule has 43 heavy (non-hydrogen) atoms. The second kappa shape index (κ2) is 8.37. The van der Waals surface area contributed by atoms with Crippen molar-refractivity contribution >= 4 is 54.4 Å². The van der Waals surface area contributed by atoms with Crippen molar-refractivity contribution in [3.8, 4) is 39.2 Å². The highest BCUT2D eigenvalue weighted by molar-refractivity contribution is 6.24. The predicted molar refractivity (Wildman–Crippen MR) is 179 cm³/mol. The molecule has 10 rings (SSSR count). The van der Waals surface area contributed by atoms with Gasteiger partial charge < -0.3 is 4.57 Å². The van der Waals surface area contributed by atoms with Gasteiger partial charge in [-0.25, -0.2) is 4.98 Å². The predicted octanol–water partition coefficient (Wildman–Crippen LogP) is 10.3. The van der Waals surface area contributed by atoms with E-state index in [0.717, 1.165) is 38.8 Å². The molecular weight excluding hydrogens is 522 g/mol. The van der Waals surface area contributed by atoms with Crippen LogP contribution in [0.1, 0.15) is 0 Å². The van der Waals surface area contributed by atoms with Crippen molar-refractivity contribution in [1.82, 2.24) is 14.5 Å². The topological polar surface area (TPSA) is 30.7 Å². The lowest BCUT2D eigenvalue weighted by Gasteiger charge is -2.13. The second-order valence-corrected chi connectivity index (χ2v) is 11.4. The summed E-state index contributed by atoms with van der Waals surface area (Å²) in [6, 6.07) is 48.2. The maximum absolute atomic E-state index is 5.09. The molecule has 0 unspecified atom stereocenters. The van der Waals surface area contributed by atoms with Gasteiger partial charge >= 0.3 is 0 Å². The molecule has 3 heteroatoms. The van der Waals surface area contributed by atoms with Crippen LogP contribution in [0.3, 0.4) is 0 Å². The number of benzene rings is 6. The molecule has 0 atom stereocenters. The summed E-state index contributed by atoms with van der Waals surface area (Å²) in [4.78, 5) is 9.73. The van der Waals surface area contributed by atoms with Gasteiger partial charge in [0.25, 0.3) is 0 Å². The summed E-state index contributed by atoms with van der Waals surface area (Å²) in [6.07, 6.45) is 1.84. The van der Waals surface area contributed by atoms with E-state index in [0.29, 0.717) is 0 Å². The third kappa shape index (κ3) is 3.08. The van der Waals surface area contributed by atoms with Crippen LogP contribution in [0.4, 0.5) is 0 Å². The number of hydrogen-bond acceptors (Lipinski definition) is 2. The lowest BCUT2D eigenvalue weighted by Crippen LogP contribution is -1.96. The second-order valence-electron chi connectivity index (χ2n) is 11.4. The van der Waals surface area contributed by atoms with Crippen LogP contribution in [-0.4, -0.2) is 14.5 Å². The number of rotatable bonds is 2. The Labute approximate surface area is 247 Å². The average Bonchev–Trinajstić information content (AvgIpc) is 3.59. The first-order valence-electron chi connectivity index (χ1n) is 14.7. The fourth-order valence-corrected chi connectivity index (χ4v) is 7.26. The Balaban J connectivity index is 1.20. The molecule has 0 fully saturated rings. The minimum Gasteiger partial charge on any atom is -0.309 e. The first-order valence-corrected chi connectivity index (χ1v) is 14.7. The van der Waals surface area contributed by atoms with Crippen molar-refractivity contribution in [3.63, 3.8) is 0 Å². The van der Waals surface area contributed by atoms with E-state index in [1.807, 2.05) is 12.3 Å². The molecule has 3 aromatic heterocycles. The molecule has 198 valence electrons. The summed E-state index contributed by atoms with van der Waals surface area (Å²) in [5.74, 6) is 0. The highest BCUT2D eigenvalue weighted by Gasteiger charge is 2.26.